The Morgan fingerprint density at radius 3 is 2.83 bits per heavy atom. The van der Waals surface area contributed by atoms with Crippen molar-refractivity contribution in [3.8, 4) is 0 Å². The summed E-state index contributed by atoms with van der Waals surface area (Å²) in [6.07, 6.45) is 3.49. The second kappa shape index (κ2) is 8.30. The van der Waals surface area contributed by atoms with Gasteiger partial charge in [0.2, 0.25) is 0 Å². The van der Waals surface area contributed by atoms with Gasteiger partial charge in [0.15, 0.2) is 5.96 Å². The molecular weight excluding hydrogens is 370 g/mol. The molecule has 0 amide bonds. The van der Waals surface area contributed by atoms with Gasteiger partial charge in [0.25, 0.3) is 0 Å². The number of nitrogens with zero attached hydrogens (tertiary/aromatic N) is 3. The maximum Gasteiger partial charge on any atom is 0.191 e. The maximum atomic E-state index is 10.6. The van der Waals surface area contributed by atoms with Crippen LogP contribution in [0.5, 0.6) is 0 Å². The summed E-state index contributed by atoms with van der Waals surface area (Å²) >= 11 is 3.46. The number of halogens is 1. The van der Waals surface area contributed by atoms with Gasteiger partial charge in [0, 0.05) is 29.8 Å². The first-order valence-electron chi connectivity index (χ1n) is 7.89. The standard InChI is InChI=1S/C17H24BrN5O/c1-4-19-16(20-9-13-6-5-7-15(18)8-13)21-12-17(2,24)14-10-22-23(3)11-14/h5-8,10-11,24H,4,9,12H2,1-3H3,(H2,19,20,21). The molecule has 24 heavy (non-hydrogen) atoms. The number of hydrogen-bond donors (Lipinski definition) is 3. The molecule has 0 saturated heterocycles. The lowest BCUT2D eigenvalue weighted by Crippen LogP contribution is -2.44. The molecule has 0 fully saturated rings. The van der Waals surface area contributed by atoms with Gasteiger partial charge >= 0.3 is 0 Å². The number of benzene rings is 1. The van der Waals surface area contributed by atoms with E-state index in [2.05, 4.69) is 36.7 Å². The summed E-state index contributed by atoms with van der Waals surface area (Å²) in [6.45, 7) is 5.41. The molecule has 0 spiro atoms. The zero-order valence-corrected chi connectivity index (χ0v) is 15.8. The van der Waals surface area contributed by atoms with E-state index in [-0.39, 0.29) is 0 Å². The number of aliphatic imine (C=N–C) groups is 1. The van der Waals surface area contributed by atoms with E-state index >= 15 is 0 Å². The average molecular weight is 394 g/mol. The zero-order chi connectivity index (χ0) is 17.6. The highest BCUT2D eigenvalue weighted by molar-refractivity contribution is 9.10. The van der Waals surface area contributed by atoms with Crippen LogP contribution in [0.4, 0.5) is 0 Å². The van der Waals surface area contributed by atoms with Crippen LogP contribution < -0.4 is 10.6 Å². The van der Waals surface area contributed by atoms with Gasteiger partial charge in [-0.05, 0) is 31.5 Å². The van der Waals surface area contributed by atoms with E-state index in [1.54, 1.807) is 17.8 Å². The predicted molar refractivity (Wildman–Crippen MR) is 99.7 cm³/mol. The molecule has 2 aromatic rings. The van der Waals surface area contributed by atoms with Crippen molar-refractivity contribution < 1.29 is 5.11 Å². The zero-order valence-electron chi connectivity index (χ0n) is 14.3. The van der Waals surface area contributed by atoms with Crippen LogP contribution in [0.3, 0.4) is 0 Å². The van der Waals surface area contributed by atoms with Gasteiger partial charge in [0.1, 0.15) is 5.60 Å². The third kappa shape index (κ3) is 5.35. The summed E-state index contributed by atoms with van der Waals surface area (Å²) in [7, 11) is 1.83. The van der Waals surface area contributed by atoms with Crippen LogP contribution in [-0.4, -0.2) is 33.9 Å². The van der Waals surface area contributed by atoms with Crippen molar-refractivity contribution in [2.45, 2.75) is 26.0 Å². The molecule has 2 rings (SSSR count). The minimum atomic E-state index is -1.03. The van der Waals surface area contributed by atoms with Gasteiger partial charge in [-0.15, -0.1) is 0 Å². The highest BCUT2D eigenvalue weighted by Crippen LogP contribution is 2.18. The Balaban J connectivity index is 2.01. The Hall–Kier alpha value is -1.86. The van der Waals surface area contributed by atoms with Crippen molar-refractivity contribution in [3.05, 3.63) is 52.3 Å². The lowest BCUT2D eigenvalue weighted by atomic mass is 10.00. The van der Waals surface area contributed by atoms with E-state index in [1.807, 2.05) is 44.4 Å². The molecule has 1 atom stereocenters. The summed E-state index contributed by atoms with van der Waals surface area (Å²) in [6, 6.07) is 8.05. The molecule has 3 N–H and O–H groups in total. The molecule has 1 heterocycles. The van der Waals surface area contributed by atoms with Crippen LogP contribution in [0.25, 0.3) is 0 Å². The molecule has 1 unspecified atom stereocenters. The molecule has 6 nitrogen and oxygen atoms in total. The minimum Gasteiger partial charge on any atom is -0.383 e. The van der Waals surface area contributed by atoms with Gasteiger partial charge < -0.3 is 15.7 Å². The molecule has 7 heteroatoms. The highest BCUT2D eigenvalue weighted by Gasteiger charge is 2.24. The predicted octanol–water partition coefficient (Wildman–Crippen LogP) is 2.15. The summed E-state index contributed by atoms with van der Waals surface area (Å²) in [5.41, 5.74) is 0.848. The van der Waals surface area contributed by atoms with Crippen molar-refractivity contribution in [1.82, 2.24) is 20.4 Å². The Morgan fingerprint density at radius 2 is 2.21 bits per heavy atom. The lowest BCUT2D eigenvalue weighted by Gasteiger charge is -2.23. The lowest BCUT2D eigenvalue weighted by molar-refractivity contribution is 0.0616. The number of rotatable bonds is 6. The Labute approximate surface area is 151 Å². The number of aryl methyl sites for hydroxylation is 1. The fourth-order valence-electron chi connectivity index (χ4n) is 2.20. The van der Waals surface area contributed by atoms with E-state index in [1.165, 1.54) is 0 Å². The third-order valence-corrected chi connectivity index (χ3v) is 4.07. The number of aliphatic hydroxyl groups is 1. The number of guanidine groups is 1. The average Bonchev–Trinajstić information content (AvgIpc) is 2.98. The molecule has 0 saturated carbocycles. The van der Waals surface area contributed by atoms with Crippen LogP contribution in [0.1, 0.15) is 25.0 Å². The largest absolute Gasteiger partial charge is 0.383 e. The summed E-state index contributed by atoms with van der Waals surface area (Å²) in [5.74, 6) is 0.668. The van der Waals surface area contributed by atoms with Crippen LogP contribution in [-0.2, 0) is 19.2 Å². The summed E-state index contributed by atoms with van der Waals surface area (Å²) in [4.78, 5) is 4.57. The molecule has 0 aliphatic carbocycles. The fraction of sp³-hybridized carbons (Fsp3) is 0.412. The summed E-state index contributed by atoms with van der Waals surface area (Å²) < 4.78 is 2.71. The topological polar surface area (TPSA) is 74.5 Å². The molecule has 0 bridgehead atoms. The molecule has 1 aromatic heterocycles. The van der Waals surface area contributed by atoms with Crippen LogP contribution in [0, 0.1) is 0 Å². The molecule has 0 radical (unpaired) electrons. The van der Waals surface area contributed by atoms with Crippen molar-refractivity contribution >= 4 is 21.9 Å². The minimum absolute atomic E-state index is 0.336. The van der Waals surface area contributed by atoms with Crippen molar-refractivity contribution in [2.24, 2.45) is 12.0 Å². The number of hydrogen-bond acceptors (Lipinski definition) is 3. The van der Waals surface area contributed by atoms with E-state index in [0.717, 1.165) is 22.1 Å². The van der Waals surface area contributed by atoms with E-state index < -0.39 is 5.60 Å². The number of nitrogens with one attached hydrogen (secondary N) is 2. The van der Waals surface area contributed by atoms with Gasteiger partial charge in [-0.2, -0.15) is 5.10 Å². The molecule has 1 aromatic carbocycles. The fourth-order valence-corrected chi connectivity index (χ4v) is 2.65. The second-order valence-corrected chi connectivity index (χ2v) is 6.77. The SMILES string of the molecule is CCNC(=NCc1cccc(Br)c1)NCC(C)(O)c1cnn(C)c1. The quantitative estimate of drug-likeness (QED) is 0.519. The summed E-state index contributed by atoms with van der Waals surface area (Å²) in [5, 5.41) is 21.1. The van der Waals surface area contributed by atoms with Crippen LogP contribution in [0.15, 0.2) is 46.1 Å². The Morgan fingerprint density at radius 1 is 1.42 bits per heavy atom. The van der Waals surface area contributed by atoms with Gasteiger partial charge in [-0.1, -0.05) is 28.1 Å². The maximum absolute atomic E-state index is 10.6. The molecular formula is C17H24BrN5O. The molecule has 0 aliphatic rings. The number of aromatic nitrogens is 2. The van der Waals surface area contributed by atoms with E-state index in [9.17, 15) is 5.11 Å². The molecule has 130 valence electrons. The van der Waals surface area contributed by atoms with Gasteiger partial charge in [-0.3, -0.25) is 4.68 Å². The first-order valence-corrected chi connectivity index (χ1v) is 8.68. The Bertz CT molecular complexity index is 696. The van der Waals surface area contributed by atoms with E-state index in [0.29, 0.717) is 19.0 Å². The van der Waals surface area contributed by atoms with Crippen molar-refractivity contribution in [1.29, 1.82) is 0 Å². The smallest absolute Gasteiger partial charge is 0.191 e. The van der Waals surface area contributed by atoms with Gasteiger partial charge in [0.05, 0.1) is 19.3 Å². The molecule has 0 aliphatic heterocycles. The third-order valence-electron chi connectivity index (χ3n) is 3.58. The first-order chi connectivity index (χ1) is 11.4. The van der Waals surface area contributed by atoms with Crippen LogP contribution >= 0.6 is 15.9 Å². The normalized spacial score (nSPS) is 14.3. The van der Waals surface area contributed by atoms with Crippen molar-refractivity contribution in [3.63, 3.8) is 0 Å². The highest BCUT2D eigenvalue weighted by atomic mass is 79.9. The van der Waals surface area contributed by atoms with Crippen LogP contribution in [0.2, 0.25) is 0 Å². The van der Waals surface area contributed by atoms with Crippen molar-refractivity contribution in [2.75, 3.05) is 13.1 Å². The monoisotopic (exact) mass is 393 g/mol. The first kappa shape index (κ1) is 18.5. The van der Waals surface area contributed by atoms with Gasteiger partial charge in [-0.25, -0.2) is 4.99 Å². The second-order valence-electron chi connectivity index (χ2n) is 5.86. The van der Waals surface area contributed by atoms with E-state index in [4.69, 9.17) is 0 Å². The Kier molecular flexibility index (Phi) is 6.39.